The molecule has 0 atom stereocenters. The Bertz CT molecular complexity index is 2890. The molecule has 8 aromatic carbocycles. The van der Waals surface area contributed by atoms with Crippen LogP contribution in [0.1, 0.15) is 0 Å². The van der Waals surface area contributed by atoms with Crippen LogP contribution in [-0.4, -0.2) is 15.0 Å². The summed E-state index contributed by atoms with van der Waals surface area (Å²) in [6, 6.07) is 56.9. The molecule has 0 aliphatic heterocycles. The highest BCUT2D eigenvalue weighted by atomic mass is 16.3. The van der Waals surface area contributed by atoms with E-state index in [1.165, 1.54) is 21.5 Å². The van der Waals surface area contributed by atoms with Gasteiger partial charge in [0.05, 0.1) is 0 Å². The molecular weight excluding hydrogens is 599 g/mol. The van der Waals surface area contributed by atoms with Crippen LogP contribution < -0.4 is 0 Å². The molecule has 49 heavy (non-hydrogen) atoms. The van der Waals surface area contributed by atoms with Gasteiger partial charge in [0.2, 0.25) is 0 Å². The summed E-state index contributed by atoms with van der Waals surface area (Å²) < 4.78 is 6.44. The molecule has 2 aromatic heterocycles. The summed E-state index contributed by atoms with van der Waals surface area (Å²) in [5.74, 6) is 1.86. The Morgan fingerprint density at radius 1 is 0.327 bits per heavy atom. The summed E-state index contributed by atoms with van der Waals surface area (Å²) in [7, 11) is 0. The molecule has 10 aromatic rings. The first kappa shape index (κ1) is 27.5. The van der Waals surface area contributed by atoms with Crippen molar-refractivity contribution in [3.63, 3.8) is 0 Å². The van der Waals surface area contributed by atoms with E-state index in [4.69, 9.17) is 19.4 Å². The van der Waals surface area contributed by atoms with Crippen LogP contribution in [0.5, 0.6) is 0 Å². The van der Waals surface area contributed by atoms with E-state index in [2.05, 4.69) is 121 Å². The van der Waals surface area contributed by atoms with Crippen molar-refractivity contribution in [1.82, 2.24) is 15.0 Å². The molecule has 0 aliphatic carbocycles. The Morgan fingerprint density at radius 3 is 1.84 bits per heavy atom. The summed E-state index contributed by atoms with van der Waals surface area (Å²) >= 11 is 0. The second-order valence-corrected chi connectivity index (χ2v) is 12.4. The number of rotatable bonds is 4. The third-order valence-corrected chi connectivity index (χ3v) is 9.50. The van der Waals surface area contributed by atoms with Gasteiger partial charge in [0.1, 0.15) is 11.2 Å². The van der Waals surface area contributed by atoms with Crippen LogP contribution in [0.2, 0.25) is 0 Å². The van der Waals surface area contributed by atoms with Crippen molar-refractivity contribution < 1.29 is 4.42 Å². The zero-order chi connectivity index (χ0) is 32.3. The van der Waals surface area contributed by atoms with Crippen LogP contribution in [-0.2, 0) is 0 Å². The van der Waals surface area contributed by atoms with Crippen LogP contribution in [0.15, 0.2) is 168 Å². The monoisotopic (exact) mass is 625 g/mol. The summed E-state index contributed by atoms with van der Waals surface area (Å²) in [5.41, 5.74) is 6.70. The van der Waals surface area contributed by atoms with Gasteiger partial charge in [0.25, 0.3) is 0 Å². The van der Waals surface area contributed by atoms with Gasteiger partial charge < -0.3 is 4.42 Å². The number of aromatic nitrogens is 3. The summed E-state index contributed by atoms with van der Waals surface area (Å²) in [4.78, 5) is 15.5. The standard InChI is InChI=1S/C45H27N3O/c1-2-12-29(13-3-1)43-46-44(48-45(47-43)38-27-33-15-6-7-16-34(33)35-17-8-9-18-36(35)38)37-19-10-20-41-42(37)39-26-32(23-24-40(39)49-41)31-22-21-28-11-4-5-14-30(28)25-31/h1-27H. The van der Waals surface area contributed by atoms with Crippen molar-refractivity contribution in [2.75, 3.05) is 0 Å². The molecule has 0 N–H and O–H groups in total. The molecule has 2 heterocycles. The predicted octanol–water partition coefficient (Wildman–Crippen LogP) is 11.9. The molecule has 0 bridgehead atoms. The van der Waals surface area contributed by atoms with E-state index in [-0.39, 0.29) is 0 Å². The smallest absolute Gasteiger partial charge is 0.164 e. The number of benzene rings is 8. The Morgan fingerprint density at radius 2 is 0.980 bits per heavy atom. The second kappa shape index (κ2) is 11.0. The number of fused-ring (bicyclic) bond motifs is 7. The lowest BCUT2D eigenvalue weighted by molar-refractivity contribution is 0.669. The van der Waals surface area contributed by atoms with E-state index in [0.29, 0.717) is 17.5 Å². The summed E-state index contributed by atoms with van der Waals surface area (Å²) in [6.07, 6.45) is 0. The number of hydrogen-bond acceptors (Lipinski definition) is 4. The highest BCUT2D eigenvalue weighted by Gasteiger charge is 2.20. The maximum atomic E-state index is 6.44. The van der Waals surface area contributed by atoms with Crippen LogP contribution in [0.25, 0.3) is 99.5 Å². The minimum atomic E-state index is 0.602. The first-order valence-electron chi connectivity index (χ1n) is 16.4. The molecule has 10 rings (SSSR count). The number of hydrogen-bond donors (Lipinski definition) is 0. The van der Waals surface area contributed by atoms with Gasteiger partial charge in [-0.25, -0.2) is 15.0 Å². The third-order valence-electron chi connectivity index (χ3n) is 9.50. The molecule has 4 nitrogen and oxygen atoms in total. The van der Waals surface area contributed by atoms with Crippen molar-refractivity contribution in [1.29, 1.82) is 0 Å². The van der Waals surface area contributed by atoms with Gasteiger partial charge in [-0.3, -0.25) is 0 Å². The lowest BCUT2D eigenvalue weighted by Crippen LogP contribution is -2.01. The van der Waals surface area contributed by atoms with E-state index in [1.54, 1.807) is 0 Å². The molecule has 0 aliphatic rings. The van der Waals surface area contributed by atoms with E-state index in [0.717, 1.165) is 60.5 Å². The predicted molar refractivity (Wildman–Crippen MR) is 201 cm³/mol. The zero-order valence-electron chi connectivity index (χ0n) is 26.3. The second-order valence-electron chi connectivity index (χ2n) is 12.4. The average molecular weight is 626 g/mol. The van der Waals surface area contributed by atoms with Gasteiger partial charge >= 0.3 is 0 Å². The highest BCUT2D eigenvalue weighted by molar-refractivity contribution is 6.14. The fraction of sp³-hybridized carbons (Fsp3) is 0. The van der Waals surface area contributed by atoms with Crippen LogP contribution in [0.3, 0.4) is 0 Å². The minimum Gasteiger partial charge on any atom is -0.456 e. The molecule has 0 saturated carbocycles. The topological polar surface area (TPSA) is 51.8 Å². The van der Waals surface area contributed by atoms with Gasteiger partial charge in [-0.15, -0.1) is 0 Å². The fourth-order valence-electron chi connectivity index (χ4n) is 7.13. The van der Waals surface area contributed by atoms with Gasteiger partial charge in [-0.05, 0) is 73.8 Å². The maximum Gasteiger partial charge on any atom is 0.164 e. The summed E-state index contributed by atoms with van der Waals surface area (Å²) in [6.45, 7) is 0. The molecule has 0 spiro atoms. The maximum absolute atomic E-state index is 6.44. The summed E-state index contributed by atoms with van der Waals surface area (Å²) in [5, 5.41) is 9.06. The Labute approximate surface area is 282 Å². The lowest BCUT2D eigenvalue weighted by Gasteiger charge is -2.12. The normalized spacial score (nSPS) is 11.7. The van der Waals surface area contributed by atoms with Crippen LogP contribution in [0, 0.1) is 0 Å². The molecule has 0 fully saturated rings. The molecule has 0 saturated heterocycles. The van der Waals surface area contributed by atoms with Crippen molar-refractivity contribution in [3.05, 3.63) is 164 Å². The van der Waals surface area contributed by atoms with Crippen molar-refractivity contribution >= 4 is 54.3 Å². The van der Waals surface area contributed by atoms with Gasteiger partial charge in [-0.1, -0.05) is 133 Å². The molecule has 4 heteroatoms. The molecular formula is C45H27N3O. The molecule has 0 unspecified atom stereocenters. The third kappa shape index (κ3) is 4.57. The van der Waals surface area contributed by atoms with E-state index in [1.807, 2.05) is 42.5 Å². The fourth-order valence-corrected chi connectivity index (χ4v) is 7.13. The van der Waals surface area contributed by atoms with Crippen molar-refractivity contribution in [2.24, 2.45) is 0 Å². The van der Waals surface area contributed by atoms with Crippen LogP contribution >= 0.6 is 0 Å². The van der Waals surface area contributed by atoms with E-state index < -0.39 is 0 Å². The Balaban J connectivity index is 1.23. The van der Waals surface area contributed by atoms with Crippen molar-refractivity contribution in [2.45, 2.75) is 0 Å². The average Bonchev–Trinajstić information content (AvgIpc) is 3.56. The Hall–Kier alpha value is -6.65. The first-order valence-corrected chi connectivity index (χ1v) is 16.4. The Kier molecular flexibility index (Phi) is 6.15. The molecule has 0 radical (unpaired) electrons. The van der Waals surface area contributed by atoms with E-state index >= 15 is 0 Å². The van der Waals surface area contributed by atoms with Crippen LogP contribution in [0.4, 0.5) is 0 Å². The quantitative estimate of drug-likeness (QED) is 0.183. The zero-order valence-corrected chi connectivity index (χ0v) is 26.3. The number of nitrogens with zero attached hydrogens (tertiary/aromatic N) is 3. The lowest BCUT2D eigenvalue weighted by atomic mass is 9.96. The van der Waals surface area contributed by atoms with E-state index in [9.17, 15) is 0 Å². The number of furan rings is 1. The minimum absolute atomic E-state index is 0.602. The van der Waals surface area contributed by atoms with Crippen molar-refractivity contribution in [3.8, 4) is 45.3 Å². The first-order chi connectivity index (χ1) is 24.3. The highest BCUT2D eigenvalue weighted by Crippen LogP contribution is 2.40. The molecule has 0 amide bonds. The van der Waals surface area contributed by atoms with Gasteiger partial charge in [-0.2, -0.15) is 0 Å². The SMILES string of the molecule is c1ccc(-c2nc(-c3cc4ccccc4c4ccccc34)nc(-c3cccc4oc5ccc(-c6ccc7ccccc7c6)cc5c34)n2)cc1. The largest absolute Gasteiger partial charge is 0.456 e. The molecule has 228 valence electrons. The van der Waals surface area contributed by atoms with Gasteiger partial charge in [0.15, 0.2) is 17.5 Å². The van der Waals surface area contributed by atoms with Gasteiger partial charge in [0, 0.05) is 27.5 Å².